The van der Waals surface area contributed by atoms with Crippen molar-refractivity contribution in [1.29, 1.82) is 0 Å². The van der Waals surface area contributed by atoms with Gasteiger partial charge in [0.2, 0.25) is 17.7 Å². The molecule has 3 amide bonds. The Morgan fingerprint density at radius 2 is 1.90 bits per heavy atom. The van der Waals surface area contributed by atoms with E-state index in [0.717, 1.165) is 19.3 Å². The van der Waals surface area contributed by atoms with Crippen molar-refractivity contribution < 1.29 is 14.4 Å². The van der Waals surface area contributed by atoms with Gasteiger partial charge in [0.05, 0.1) is 0 Å². The molecule has 1 saturated carbocycles. The number of nitrogens with two attached hydrogens (primary N) is 2. The van der Waals surface area contributed by atoms with Gasteiger partial charge in [0.25, 0.3) is 0 Å². The summed E-state index contributed by atoms with van der Waals surface area (Å²) < 4.78 is 0. The van der Waals surface area contributed by atoms with E-state index < -0.39 is 23.3 Å². The third-order valence-corrected chi connectivity index (χ3v) is 3.93. The molecule has 1 fully saturated rings. The van der Waals surface area contributed by atoms with Crippen LogP contribution in [0.5, 0.6) is 0 Å². The Kier molecular flexibility index (Phi) is 5.94. The predicted octanol–water partition coefficient (Wildman–Crippen LogP) is -0.998. The number of hydrogen-bond donors (Lipinski definition) is 4. The lowest BCUT2D eigenvalue weighted by Gasteiger charge is -2.37. The van der Waals surface area contributed by atoms with Gasteiger partial charge in [0, 0.05) is 7.05 Å². The molecule has 0 aromatic carbocycles. The Bertz CT molecular complexity index is 380. The van der Waals surface area contributed by atoms with Crippen LogP contribution in [0.1, 0.15) is 38.5 Å². The highest BCUT2D eigenvalue weighted by Gasteiger charge is 2.50. The van der Waals surface area contributed by atoms with Crippen LogP contribution in [0.4, 0.5) is 0 Å². The molecule has 1 aliphatic rings. The summed E-state index contributed by atoms with van der Waals surface area (Å²) in [6, 6.07) is -0.643. The van der Waals surface area contributed by atoms with Gasteiger partial charge < -0.3 is 22.1 Å². The van der Waals surface area contributed by atoms with E-state index in [1.54, 1.807) is 0 Å². The molecule has 20 heavy (non-hydrogen) atoms. The zero-order chi connectivity index (χ0) is 15.2. The number of nitrogens with one attached hydrogen (secondary N) is 2. The normalized spacial score (nSPS) is 17.7. The van der Waals surface area contributed by atoms with Crippen LogP contribution in [0.3, 0.4) is 0 Å². The van der Waals surface area contributed by atoms with Crippen molar-refractivity contribution in [3.05, 3.63) is 0 Å². The number of likely N-dealkylation sites (N-methyl/N-ethyl adjacent to an activating group) is 1. The molecule has 1 rings (SSSR count). The van der Waals surface area contributed by atoms with Gasteiger partial charge in [-0.2, -0.15) is 0 Å². The minimum atomic E-state index is -1.12. The van der Waals surface area contributed by atoms with Crippen LogP contribution in [0, 0.1) is 5.41 Å². The second kappa shape index (κ2) is 7.23. The SMILES string of the molecule is CNC(=O)[C@H](CCCCN)NC(=O)C1(C(N)=O)CCC1. The molecule has 1 atom stereocenters. The molecule has 7 nitrogen and oxygen atoms in total. The molecule has 0 saturated heterocycles. The minimum absolute atomic E-state index is 0.269. The number of carbonyl (C=O) groups excluding carboxylic acids is 3. The maximum Gasteiger partial charge on any atom is 0.242 e. The van der Waals surface area contributed by atoms with Crippen LogP contribution in [-0.4, -0.2) is 37.4 Å². The maximum atomic E-state index is 12.2. The third-order valence-electron chi connectivity index (χ3n) is 3.93. The molecule has 0 heterocycles. The second-order valence-corrected chi connectivity index (χ2v) is 5.22. The summed E-state index contributed by atoms with van der Waals surface area (Å²) in [6.07, 6.45) is 3.73. The number of unbranched alkanes of at least 4 members (excludes halogenated alkanes) is 1. The van der Waals surface area contributed by atoms with Gasteiger partial charge in [0.1, 0.15) is 11.5 Å². The summed E-state index contributed by atoms with van der Waals surface area (Å²) >= 11 is 0. The van der Waals surface area contributed by atoms with Crippen LogP contribution < -0.4 is 22.1 Å². The van der Waals surface area contributed by atoms with Gasteiger partial charge in [-0.1, -0.05) is 6.42 Å². The van der Waals surface area contributed by atoms with Crippen LogP contribution in [-0.2, 0) is 14.4 Å². The van der Waals surface area contributed by atoms with Crippen molar-refractivity contribution in [2.75, 3.05) is 13.6 Å². The van der Waals surface area contributed by atoms with E-state index in [1.165, 1.54) is 7.05 Å². The topological polar surface area (TPSA) is 127 Å². The van der Waals surface area contributed by atoms with Gasteiger partial charge in [0.15, 0.2) is 0 Å². The smallest absolute Gasteiger partial charge is 0.242 e. The average molecular weight is 284 g/mol. The Labute approximate surface area is 118 Å². The third kappa shape index (κ3) is 3.47. The zero-order valence-electron chi connectivity index (χ0n) is 11.9. The molecule has 1 aliphatic carbocycles. The van der Waals surface area contributed by atoms with E-state index >= 15 is 0 Å². The molecule has 0 spiro atoms. The van der Waals surface area contributed by atoms with Crippen molar-refractivity contribution in [1.82, 2.24) is 10.6 Å². The molecule has 6 N–H and O–H groups in total. The molecular formula is C13H24N4O3. The van der Waals surface area contributed by atoms with Gasteiger partial charge in [-0.3, -0.25) is 14.4 Å². The summed E-state index contributed by atoms with van der Waals surface area (Å²) in [6.45, 7) is 0.541. The fourth-order valence-corrected chi connectivity index (χ4v) is 2.35. The van der Waals surface area contributed by atoms with Crippen LogP contribution in [0.15, 0.2) is 0 Å². The molecule has 0 aromatic rings. The lowest BCUT2D eigenvalue weighted by Crippen LogP contribution is -2.58. The number of amides is 3. The molecule has 0 unspecified atom stereocenters. The molecule has 114 valence electrons. The summed E-state index contributed by atoms with van der Waals surface area (Å²) in [5.41, 5.74) is 9.61. The fourth-order valence-electron chi connectivity index (χ4n) is 2.35. The van der Waals surface area contributed by atoms with Crippen molar-refractivity contribution in [3.8, 4) is 0 Å². The van der Waals surface area contributed by atoms with E-state index in [0.29, 0.717) is 25.8 Å². The lowest BCUT2D eigenvalue weighted by atomic mass is 9.67. The summed E-state index contributed by atoms with van der Waals surface area (Å²) in [7, 11) is 1.51. The van der Waals surface area contributed by atoms with E-state index in [9.17, 15) is 14.4 Å². The highest BCUT2D eigenvalue weighted by Crippen LogP contribution is 2.40. The van der Waals surface area contributed by atoms with E-state index in [4.69, 9.17) is 11.5 Å². The first-order chi connectivity index (χ1) is 9.47. The highest BCUT2D eigenvalue weighted by molar-refractivity contribution is 6.06. The monoisotopic (exact) mass is 284 g/mol. The lowest BCUT2D eigenvalue weighted by molar-refractivity contribution is -0.149. The first-order valence-electron chi connectivity index (χ1n) is 7.00. The van der Waals surface area contributed by atoms with Gasteiger partial charge in [-0.05, 0) is 38.6 Å². The van der Waals surface area contributed by atoms with Crippen LogP contribution in [0.2, 0.25) is 0 Å². The first kappa shape index (κ1) is 16.4. The summed E-state index contributed by atoms with van der Waals surface area (Å²) in [5, 5.41) is 5.17. The predicted molar refractivity (Wildman–Crippen MR) is 74.4 cm³/mol. The molecule has 7 heteroatoms. The second-order valence-electron chi connectivity index (χ2n) is 5.22. The van der Waals surface area contributed by atoms with Crippen molar-refractivity contribution >= 4 is 17.7 Å². The Morgan fingerprint density at radius 1 is 1.25 bits per heavy atom. The quantitative estimate of drug-likeness (QED) is 0.337. The first-order valence-corrected chi connectivity index (χ1v) is 7.00. The van der Waals surface area contributed by atoms with E-state index in [1.807, 2.05) is 0 Å². The van der Waals surface area contributed by atoms with Gasteiger partial charge >= 0.3 is 0 Å². The van der Waals surface area contributed by atoms with Crippen molar-refractivity contribution in [3.63, 3.8) is 0 Å². The van der Waals surface area contributed by atoms with Crippen molar-refractivity contribution in [2.24, 2.45) is 16.9 Å². The molecule has 0 bridgehead atoms. The van der Waals surface area contributed by atoms with E-state index in [2.05, 4.69) is 10.6 Å². The van der Waals surface area contributed by atoms with Gasteiger partial charge in [-0.25, -0.2) is 0 Å². The van der Waals surface area contributed by atoms with E-state index in [-0.39, 0.29) is 5.91 Å². The Balaban J connectivity index is 2.66. The highest BCUT2D eigenvalue weighted by atomic mass is 16.2. The Morgan fingerprint density at radius 3 is 2.30 bits per heavy atom. The van der Waals surface area contributed by atoms with Crippen LogP contribution in [0.25, 0.3) is 0 Å². The average Bonchev–Trinajstić information content (AvgIpc) is 2.35. The standard InChI is InChI=1S/C13H24N4O3/c1-16-10(18)9(5-2-3-8-14)17-12(20)13(11(15)19)6-4-7-13/h9H,2-8,14H2,1H3,(H2,15,19)(H,16,18)(H,17,20)/t9-/m0/s1. The number of hydrogen-bond acceptors (Lipinski definition) is 4. The molecule has 0 radical (unpaired) electrons. The molecular weight excluding hydrogens is 260 g/mol. The van der Waals surface area contributed by atoms with Crippen molar-refractivity contribution in [2.45, 2.75) is 44.6 Å². The minimum Gasteiger partial charge on any atom is -0.369 e. The Hall–Kier alpha value is -1.63. The number of rotatable bonds is 8. The maximum absolute atomic E-state index is 12.2. The number of primary amides is 1. The molecule has 0 aromatic heterocycles. The zero-order valence-corrected chi connectivity index (χ0v) is 11.9. The fraction of sp³-hybridized carbons (Fsp3) is 0.769. The number of carbonyl (C=O) groups is 3. The summed E-state index contributed by atoms with van der Waals surface area (Å²) in [5.74, 6) is -1.31. The summed E-state index contributed by atoms with van der Waals surface area (Å²) in [4.78, 5) is 35.5. The van der Waals surface area contributed by atoms with Crippen LogP contribution >= 0.6 is 0 Å². The molecule has 0 aliphatic heterocycles. The largest absolute Gasteiger partial charge is 0.369 e. The van der Waals surface area contributed by atoms with Gasteiger partial charge in [-0.15, -0.1) is 0 Å².